The van der Waals surface area contributed by atoms with Crippen LogP contribution in [-0.2, 0) is 0 Å². The summed E-state index contributed by atoms with van der Waals surface area (Å²) in [6, 6.07) is 5.57. The first kappa shape index (κ1) is 12.7. The van der Waals surface area contributed by atoms with E-state index in [0.717, 1.165) is 5.56 Å². The van der Waals surface area contributed by atoms with Crippen LogP contribution in [0.2, 0.25) is 0 Å². The fourth-order valence-electron chi connectivity index (χ4n) is 1.55. The van der Waals surface area contributed by atoms with Crippen LogP contribution in [-0.4, -0.2) is 18.4 Å². The maximum atomic E-state index is 12.0. The van der Waals surface area contributed by atoms with Crippen molar-refractivity contribution in [1.82, 2.24) is 0 Å². The molecule has 0 aliphatic heterocycles. The molecule has 0 aliphatic rings. The van der Waals surface area contributed by atoms with E-state index in [-0.39, 0.29) is 5.78 Å². The van der Waals surface area contributed by atoms with Gasteiger partial charge in [0.25, 0.3) is 0 Å². The molecule has 1 aromatic carbocycles. The molecular weight excluding hydrogens is 202 g/mol. The van der Waals surface area contributed by atoms with Gasteiger partial charge >= 0.3 is 0 Å². The number of ether oxygens (including phenoxy) is 1. The number of rotatable bonds is 4. The van der Waals surface area contributed by atoms with E-state index in [0.29, 0.717) is 17.7 Å². The summed E-state index contributed by atoms with van der Waals surface area (Å²) in [5, 5.41) is 0. The number of hydrogen-bond donors (Lipinski definition) is 1. The number of methoxy groups -OCH3 is 1. The SMILES string of the molecule is COc1ccc(C)cc1C(=O)CC(C)(C)N. The molecule has 0 fully saturated rings. The van der Waals surface area contributed by atoms with Gasteiger partial charge in [0.05, 0.1) is 12.7 Å². The summed E-state index contributed by atoms with van der Waals surface area (Å²) in [5.74, 6) is 0.632. The van der Waals surface area contributed by atoms with Gasteiger partial charge in [-0.25, -0.2) is 0 Å². The molecule has 2 N–H and O–H groups in total. The minimum absolute atomic E-state index is 0.0213. The Morgan fingerprint density at radius 1 is 1.44 bits per heavy atom. The summed E-state index contributed by atoms with van der Waals surface area (Å²) < 4.78 is 5.17. The quantitative estimate of drug-likeness (QED) is 0.794. The zero-order valence-corrected chi connectivity index (χ0v) is 10.3. The number of carbonyl (C=O) groups excluding carboxylic acids is 1. The van der Waals surface area contributed by atoms with Crippen LogP contribution >= 0.6 is 0 Å². The molecule has 1 aromatic rings. The number of benzene rings is 1. The third-order valence-corrected chi connectivity index (χ3v) is 2.27. The van der Waals surface area contributed by atoms with Gasteiger partial charge in [0.15, 0.2) is 5.78 Å². The molecule has 0 bridgehead atoms. The maximum Gasteiger partial charge on any atom is 0.168 e. The van der Waals surface area contributed by atoms with E-state index in [9.17, 15) is 4.79 Å². The molecule has 88 valence electrons. The Morgan fingerprint density at radius 3 is 2.56 bits per heavy atom. The Balaban J connectivity index is 3.02. The molecular formula is C13H19NO2. The maximum absolute atomic E-state index is 12.0. The van der Waals surface area contributed by atoms with Crippen LogP contribution in [0.4, 0.5) is 0 Å². The third-order valence-electron chi connectivity index (χ3n) is 2.27. The summed E-state index contributed by atoms with van der Waals surface area (Å²) in [4.78, 5) is 12.0. The highest BCUT2D eigenvalue weighted by Gasteiger charge is 2.20. The number of Topliss-reactive ketones (excluding diaryl/α,β-unsaturated/α-hetero) is 1. The number of hydrogen-bond acceptors (Lipinski definition) is 3. The van der Waals surface area contributed by atoms with Crippen LogP contribution in [0.15, 0.2) is 18.2 Å². The first-order chi connectivity index (χ1) is 7.33. The van der Waals surface area contributed by atoms with Gasteiger partial charge in [-0.2, -0.15) is 0 Å². The standard InChI is InChI=1S/C13H19NO2/c1-9-5-6-12(16-4)10(7-9)11(15)8-13(2,3)14/h5-7H,8,14H2,1-4H3. The van der Waals surface area contributed by atoms with Crippen molar-refractivity contribution >= 4 is 5.78 Å². The van der Waals surface area contributed by atoms with Gasteiger partial charge in [-0.1, -0.05) is 11.6 Å². The van der Waals surface area contributed by atoms with Gasteiger partial charge in [0, 0.05) is 12.0 Å². The van der Waals surface area contributed by atoms with E-state index in [1.165, 1.54) is 0 Å². The molecule has 0 aliphatic carbocycles. The number of aryl methyl sites for hydroxylation is 1. The van der Waals surface area contributed by atoms with E-state index < -0.39 is 5.54 Å². The molecule has 0 atom stereocenters. The predicted molar refractivity (Wildman–Crippen MR) is 64.9 cm³/mol. The highest BCUT2D eigenvalue weighted by molar-refractivity contribution is 5.99. The summed E-state index contributed by atoms with van der Waals surface area (Å²) >= 11 is 0. The molecule has 0 aromatic heterocycles. The zero-order valence-electron chi connectivity index (χ0n) is 10.3. The lowest BCUT2D eigenvalue weighted by molar-refractivity contribution is 0.0957. The van der Waals surface area contributed by atoms with Crippen molar-refractivity contribution in [3.63, 3.8) is 0 Å². The average molecular weight is 221 g/mol. The van der Waals surface area contributed by atoms with Gasteiger partial charge < -0.3 is 10.5 Å². The van der Waals surface area contributed by atoms with Crippen LogP contribution in [0, 0.1) is 6.92 Å². The lowest BCUT2D eigenvalue weighted by atomic mass is 9.94. The second-order valence-corrected chi connectivity index (χ2v) is 4.79. The minimum Gasteiger partial charge on any atom is -0.496 e. The van der Waals surface area contributed by atoms with Crippen molar-refractivity contribution in [2.75, 3.05) is 7.11 Å². The lowest BCUT2D eigenvalue weighted by Gasteiger charge is -2.18. The van der Waals surface area contributed by atoms with E-state index >= 15 is 0 Å². The normalized spacial score (nSPS) is 11.3. The summed E-state index contributed by atoms with van der Waals surface area (Å²) in [6.07, 6.45) is 0.312. The molecule has 16 heavy (non-hydrogen) atoms. The van der Waals surface area contributed by atoms with Crippen molar-refractivity contribution in [2.24, 2.45) is 5.73 Å². The van der Waals surface area contributed by atoms with Crippen molar-refractivity contribution in [3.05, 3.63) is 29.3 Å². The van der Waals surface area contributed by atoms with E-state index in [1.807, 2.05) is 39.0 Å². The molecule has 3 nitrogen and oxygen atoms in total. The summed E-state index contributed by atoms with van der Waals surface area (Å²) in [5.41, 5.74) is 7.00. The van der Waals surface area contributed by atoms with E-state index in [2.05, 4.69) is 0 Å². The van der Waals surface area contributed by atoms with Crippen molar-refractivity contribution in [3.8, 4) is 5.75 Å². The number of nitrogens with two attached hydrogens (primary N) is 1. The van der Waals surface area contributed by atoms with Gasteiger partial charge in [-0.05, 0) is 32.9 Å². The van der Waals surface area contributed by atoms with Gasteiger partial charge in [-0.3, -0.25) is 4.79 Å². The molecule has 0 amide bonds. The van der Waals surface area contributed by atoms with Crippen LogP contribution < -0.4 is 10.5 Å². The third kappa shape index (κ3) is 3.35. The summed E-state index contributed by atoms with van der Waals surface area (Å²) in [7, 11) is 1.56. The molecule has 0 unspecified atom stereocenters. The highest BCUT2D eigenvalue weighted by atomic mass is 16.5. The number of carbonyl (C=O) groups is 1. The Morgan fingerprint density at radius 2 is 2.06 bits per heavy atom. The van der Waals surface area contributed by atoms with Crippen molar-refractivity contribution < 1.29 is 9.53 Å². The Bertz CT molecular complexity index is 391. The van der Waals surface area contributed by atoms with Crippen molar-refractivity contribution in [1.29, 1.82) is 0 Å². The molecule has 3 heteroatoms. The van der Waals surface area contributed by atoms with Crippen LogP contribution in [0.25, 0.3) is 0 Å². The molecule has 0 saturated carbocycles. The lowest BCUT2D eigenvalue weighted by Crippen LogP contribution is -2.34. The summed E-state index contributed by atoms with van der Waals surface area (Å²) in [6.45, 7) is 5.63. The molecule has 1 rings (SSSR count). The van der Waals surface area contributed by atoms with E-state index in [1.54, 1.807) is 7.11 Å². The van der Waals surface area contributed by atoms with Crippen molar-refractivity contribution in [2.45, 2.75) is 32.7 Å². The fourth-order valence-corrected chi connectivity index (χ4v) is 1.55. The Kier molecular flexibility index (Phi) is 3.70. The molecule has 0 heterocycles. The molecule has 0 saturated heterocycles. The highest BCUT2D eigenvalue weighted by Crippen LogP contribution is 2.22. The fraction of sp³-hybridized carbons (Fsp3) is 0.462. The second-order valence-electron chi connectivity index (χ2n) is 4.79. The van der Waals surface area contributed by atoms with Gasteiger partial charge in [0.2, 0.25) is 0 Å². The molecule has 0 radical (unpaired) electrons. The van der Waals surface area contributed by atoms with Crippen LogP contribution in [0.5, 0.6) is 5.75 Å². The van der Waals surface area contributed by atoms with Gasteiger partial charge in [0.1, 0.15) is 5.75 Å². The predicted octanol–water partition coefficient (Wildman–Crippen LogP) is 2.31. The molecule has 0 spiro atoms. The minimum atomic E-state index is -0.494. The topological polar surface area (TPSA) is 52.3 Å². The van der Waals surface area contributed by atoms with Crippen LogP contribution in [0.1, 0.15) is 36.2 Å². The first-order valence-corrected chi connectivity index (χ1v) is 5.30. The van der Waals surface area contributed by atoms with Gasteiger partial charge in [-0.15, -0.1) is 0 Å². The smallest absolute Gasteiger partial charge is 0.168 e. The Labute approximate surface area is 96.6 Å². The van der Waals surface area contributed by atoms with Crippen LogP contribution in [0.3, 0.4) is 0 Å². The first-order valence-electron chi connectivity index (χ1n) is 5.30. The number of ketones is 1. The zero-order chi connectivity index (χ0) is 12.3. The monoisotopic (exact) mass is 221 g/mol. The largest absolute Gasteiger partial charge is 0.496 e. The van der Waals surface area contributed by atoms with E-state index in [4.69, 9.17) is 10.5 Å². The second kappa shape index (κ2) is 4.66. The Hall–Kier alpha value is -1.35. The average Bonchev–Trinajstić information content (AvgIpc) is 2.15.